The molecule has 132 valence electrons. The fourth-order valence-electron chi connectivity index (χ4n) is 3.56. The molecule has 0 spiro atoms. The summed E-state index contributed by atoms with van der Waals surface area (Å²) in [4.78, 5) is 0. The molecule has 0 saturated heterocycles. The second kappa shape index (κ2) is 7.64. The average Bonchev–Trinajstić information content (AvgIpc) is 2.59. The first-order chi connectivity index (χ1) is 11.5. The van der Waals surface area contributed by atoms with E-state index >= 15 is 0 Å². The van der Waals surface area contributed by atoms with Gasteiger partial charge in [0.1, 0.15) is 6.10 Å². The van der Waals surface area contributed by atoms with Gasteiger partial charge in [0, 0.05) is 0 Å². The van der Waals surface area contributed by atoms with Crippen LogP contribution in [0.5, 0.6) is 5.75 Å². The Balaban J connectivity index is 1.51. The van der Waals surface area contributed by atoms with Gasteiger partial charge in [-0.25, -0.2) is 4.39 Å². The van der Waals surface area contributed by atoms with Gasteiger partial charge in [0.15, 0.2) is 11.6 Å². The minimum Gasteiger partial charge on any atom is -0.483 e. The Morgan fingerprint density at radius 3 is 2.67 bits per heavy atom. The summed E-state index contributed by atoms with van der Waals surface area (Å²) < 4.78 is 39.2. The average molecular weight is 336 g/mol. The fraction of sp³-hybridized carbons (Fsp3) is 0.600. The van der Waals surface area contributed by atoms with E-state index in [0.717, 1.165) is 30.7 Å². The number of hydrogen-bond acceptors (Lipinski definition) is 2. The van der Waals surface area contributed by atoms with Gasteiger partial charge in [-0.1, -0.05) is 13.0 Å². The molecule has 0 bridgehead atoms. The molecule has 0 radical (unpaired) electrons. The summed E-state index contributed by atoms with van der Waals surface area (Å²) in [7, 11) is 0. The van der Waals surface area contributed by atoms with Crippen molar-refractivity contribution in [3.63, 3.8) is 0 Å². The molecule has 1 aromatic carbocycles. The van der Waals surface area contributed by atoms with Crippen molar-refractivity contribution in [2.24, 2.45) is 5.92 Å². The van der Waals surface area contributed by atoms with Crippen LogP contribution in [0.4, 0.5) is 8.78 Å². The quantitative estimate of drug-likeness (QED) is 0.711. The van der Waals surface area contributed by atoms with E-state index in [-0.39, 0.29) is 11.9 Å². The van der Waals surface area contributed by atoms with E-state index in [1.165, 1.54) is 12.8 Å². The lowest BCUT2D eigenvalue weighted by atomic mass is 9.89. The number of hydrogen-bond donors (Lipinski definition) is 0. The monoisotopic (exact) mass is 336 g/mol. The van der Waals surface area contributed by atoms with Crippen molar-refractivity contribution in [2.45, 2.75) is 64.6 Å². The van der Waals surface area contributed by atoms with Gasteiger partial charge in [0.25, 0.3) is 0 Å². The molecule has 1 aliphatic heterocycles. The molecule has 3 rings (SSSR count). The van der Waals surface area contributed by atoms with Crippen LogP contribution >= 0.6 is 0 Å². The van der Waals surface area contributed by atoms with Crippen LogP contribution in [0.15, 0.2) is 18.2 Å². The van der Waals surface area contributed by atoms with Crippen LogP contribution in [0, 0.1) is 24.5 Å². The normalized spacial score (nSPS) is 27.1. The number of ether oxygens (including phenoxy) is 2. The number of halogens is 2. The van der Waals surface area contributed by atoms with Crippen LogP contribution in [0.3, 0.4) is 0 Å². The van der Waals surface area contributed by atoms with Gasteiger partial charge in [-0.3, -0.25) is 0 Å². The highest BCUT2D eigenvalue weighted by atomic mass is 19.2. The summed E-state index contributed by atoms with van der Waals surface area (Å²) in [6.07, 6.45) is 10.2. The van der Waals surface area contributed by atoms with E-state index < -0.39 is 11.6 Å². The SMILES string of the molecule is Cc1cc2c(c(F)c1F)OC(/C=C/COC1CCC(C)CC1)CC2. The van der Waals surface area contributed by atoms with Crippen LogP contribution in [0.25, 0.3) is 0 Å². The van der Waals surface area contributed by atoms with E-state index in [4.69, 9.17) is 9.47 Å². The second-order valence-electron chi connectivity index (χ2n) is 7.15. The van der Waals surface area contributed by atoms with Gasteiger partial charge in [-0.15, -0.1) is 0 Å². The minimum atomic E-state index is -0.865. The molecule has 0 N–H and O–H groups in total. The molecule has 1 saturated carbocycles. The highest BCUT2D eigenvalue weighted by Gasteiger charge is 2.24. The maximum absolute atomic E-state index is 14.0. The van der Waals surface area contributed by atoms with E-state index in [2.05, 4.69) is 6.92 Å². The summed E-state index contributed by atoms with van der Waals surface area (Å²) in [6.45, 7) is 4.42. The van der Waals surface area contributed by atoms with Gasteiger partial charge in [-0.2, -0.15) is 4.39 Å². The van der Waals surface area contributed by atoms with Crippen molar-refractivity contribution < 1.29 is 18.3 Å². The molecule has 1 unspecified atom stereocenters. The first-order valence-corrected chi connectivity index (χ1v) is 8.97. The zero-order chi connectivity index (χ0) is 17.1. The third-order valence-corrected chi connectivity index (χ3v) is 5.13. The molecule has 1 fully saturated rings. The summed E-state index contributed by atoms with van der Waals surface area (Å²) in [5.41, 5.74) is 1.09. The molecule has 1 heterocycles. The van der Waals surface area contributed by atoms with E-state index in [1.54, 1.807) is 13.0 Å². The fourth-order valence-corrected chi connectivity index (χ4v) is 3.56. The van der Waals surface area contributed by atoms with Crippen LogP contribution in [0.2, 0.25) is 0 Å². The topological polar surface area (TPSA) is 18.5 Å². The van der Waals surface area contributed by atoms with Gasteiger partial charge in [0.2, 0.25) is 5.82 Å². The molecule has 1 aromatic rings. The predicted octanol–water partition coefficient (Wildman–Crippen LogP) is 5.12. The molecule has 0 aromatic heterocycles. The van der Waals surface area contributed by atoms with Crippen molar-refractivity contribution >= 4 is 0 Å². The molecule has 2 nitrogen and oxygen atoms in total. The smallest absolute Gasteiger partial charge is 0.201 e. The lowest BCUT2D eigenvalue weighted by molar-refractivity contribution is 0.0363. The third-order valence-electron chi connectivity index (χ3n) is 5.13. The predicted molar refractivity (Wildman–Crippen MR) is 90.3 cm³/mol. The minimum absolute atomic E-state index is 0.0705. The highest BCUT2D eigenvalue weighted by molar-refractivity contribution is 5.41. The van der Waals surface area contributed by atoms with Gasteiger partial charge < -0.3 is 9.47 Å². The van der Waals surface area contributed by atoms with Crippen molar-refractivity contribution in [1.29, 1.82) is 0 Å². The van der Waals surface area contributed by atoms with Crippen molar-refractivity contribution in [3.8, 4) is 5.75 Å². The number of rotatable bonds is 4. The van der Waals surface area contributed by atoms with Crippen LogP contribution in [-0.2, 0) is 11.2 Å². The number of aryl methyl sites for hydroxylation is 2. The molecular weight excluding hydrogens is 310 g/mol. The largest absolute Gasteiger partial charge is 0.483 e. The Kier molecular flexibility index (Phi) is 5.54. The number of benzene rings is 1. The first-order valence-electron chi connectivity index (χ1n) is 8.97. The van der Waals surface area contributed by atoms with Crippen molar-refractivity contribution in [2.75, 3.05) is 6.61 Å². The zero-order valence-electron chi connectivity index (χ0n) is 14.5. The van der Waals surface area contributed by atoms with Crippen molar-refractivity contribution in [1.82, 2.24) is 0 Å². The zero-order valence-corrected chi connectivity index (χ0v) is 14.5. The Hall–Kier alpha value is -1.42. The molecular formula is C20H26F2O2. The third kappa shape index (κ3) is 3.97. The molecule has 1 atom stereocenters. The lowest BCUT2D eigenvalue weighted by Crippen LogP contribution is -2.23. The number of fused-ring (bicyclic) bond motifs is 1. The molecule has 1 aliphatic carbocycles. The summed E-state index contributed by atoms with van der Waals surface area (Å²) in [6, 6.07) is 1.68. The Morgan fingerprint density at radius 2 is 1.92 bits per heavy atom. The summed E-state index contributed by atoms with van der Waals surface area (Å²) in [5.74, 6) is -0.792. The summed E-state index contributed by atoms with van der Waals surface area (Å²) >= 11 is 0. The van der Waals surface area contributed by atoms with Crippen LogP contribution in [0.1, 0.15) is 50.2 Å². The van der Waals surface area contributed by atoms with E-state index in [0.29, 0.717) is 24.7 Å². The second-order valence-corrected chi connectivity index (χ2v) is 7.15. The Labute approximate surface area is 142 Å². The van der Waals surface area contributed by atoms with E-state index in [9.17, 15) is 8.78 Å². The highest BCUT2D eigenvalue weighted by Crippen LogP contribution is 2.33. The van der Waals surface area contributed by atoms with Gasteiger partial charge in [-0.05, 0) is 74.6 Å². The van der Waals surface area contributed by atoms with Gasteiger partial charge >= 0.3 is 0 Å². The Bertz CT molecular complexity index is 604. The first kappa shape index (κ1) is 17.4. The maximum Gasteiger partial charge on any atom is 0.201 e. The van der Waals surface area contributed by atoms with Gasteiger partial charge in [0.05, 0.1) is 12.7 Å². The summed E-state index contributed by atoms with van der Waals surface area (Å²) in [5, 5.41) is 0. The molecule has 4 heteroatoms. The molecule has 2 aliphatic rings. The molecule has 0 amide bonds. The van der Waals surface area contributed by atoms with Crippen LogP contribution in [-0.4, -0.2) is 18.8 Å². The van der Waals surface area contributed by atoms with Crippen LogP contribution < -0.4 is 4.74 Å². The standard InChI is InChI=1S/C20H26F2O2/c1-13-5-8-16(9-6-13)23-11-3-4-17-10-7-15-12-14(2)18(21)19(22)20(15)24-17/h3-4,12-13,16-17H,5-11H2,1-2H3/b4-3+. The Morgan fingerprint density at radius 1 is 1.17 bits per heavy atom. The maximum atomic E-state index is 14.0. The van der Waals surface area contributed by atoms with E-state index in [1.807, 2.05) is 12.2 Å². The lowest BCUT2D eigenvalue weighted by Gasteiger charge is -2.26. The molecule has 24 heavy (non-hydrogen) atoms. The van der Waals surface area contributed by atoms with Crippen molar-refractivity contribution in [3.05, 3.63) is 41.0 Å².